The van der Waals surface area contributed by atoms with Gasteiger partial charge >= 0.3 is 115 Å². The molecule has 0 saturated carbocycles. The van der Waals surface area contributed by atoms with Crippen LogP contribution in [0.1, 0.15) is 0 Å². The van der Waals surface area contributed by atoms with Crippen LogP contribution in [0.3, 0.4) is 0 Å². The monoisotopic (exact) mass is 310 g/mol. The Morgan fingerprint density at radius 3 is 2.83 bits per heavy atom. The van der Waals surface area contributed by atoms with E-state index in [4.69, 9.17) is 15.9 Å². The molecule has 1 aromatic rings. The summed E-state index contributed by atoms with van der Waals surface area (Å²) in [5, 5.41) is 0.968. The molecule has 96 valence electrons. The summed E-state index contributed by atoms with van der Waals surface area (Å²) in [6, 6.07) is 10.4. The standard InChI is InChI=1S/C15H18O2Se/c1-3-10-16-12-14(17-11-4-2)13-18-15-8-6-5-7-9-15/h2-3,5-9,14H,1,10-13H2. The van der Waals surface area contributed by atoms with Gasteiger partial charge < -0.3 is 0 Å². The van der Waals surface area contributed by atoms with Crippen molar-refractivity contribution in [2.24, 2.45) is 0 Å². The van der Waals surface area contributed by atoms with Gasteiger partial charge in [0.05, 0.1) is 0 Å². The maximum atomic E-state index is 5.58. The fourth-order valence-corrected chi connectivity index (χ4v) is 3.23. The minimum absolute atomic E-state index is 0.0706. The average Bonchev–Trinajstić information content (AvgIpc) is 2.42. The molecule has 1 rings (SSSR count). The summed E-state index contributed by atoms with van der Waals surface area (Å²) < 4.78 is 12.4. The number of terminal acetylenes is 1. The van der Waals surface area contributed by atoms with E-state index in [1.165, 1.54) is 4.46 Å². The number of ether oxygens (including phenoxy) is 2. The van der Waals surface area contributed by atoms with E-state index in [0.717, 1.165) is 5.32 Å². The Bertz CT molecular complexity index is 370. The van der Waals surface area contributed by atoms with Crippen molar-refractivity contribution < 1.29 is 9.47 Å². The van der Waals surface area contributed by atoms with Crippen molar-refractivity contribution in [3.8, 4) is 12.3 Å². The molecule has 0 aliphatic heterocycles. The third-order valence-electron chi connectivity index (χ3n) is 2.12. The van der Waals surface area contributed by atoms with Crippen LogP contribution in [0.4, 0.5) is 0 Å². The van der Waals surface area contributed by atoms with Gasteiger partial charge in [0.15, 0.2) is 0 Å². The van der Waals surface area contributed by atoms with E-state index in [2.05, 4.69) is 36.8 Å². The van der Waals surface area contributed by atoms with E-state index < -0.39 is 0 Å². The molecule has 0 amide bonds. The Balaban J connectivity index is 2.35. The molecule has 0 heterocycles. The van der Waals surface area contributed by atoms with E-state index in [-0.39, 0.29) is 6.10 Å². The third kappa shape index (κ3) is 6.64. The zero-order valence-electron chi connectivity index (χ0n) is 10.4. The molecular formula is C15H18O2Se. The molecule has 0 spiro atoms. The zero-order valence-corrected chi connectivity index (χ0v) is 12.1. The van der Waals surface area contributed by atoms with Crippen LogP contribution in [0.2, 0.25) is 5.32 Å². The molecule has 0 saturated heterocycles. The number of hydrogen-bond acceptors (Lipinski definition) is 2. The molecule has 1 atom stereocenters. The van der Waals surface area contributed by atoms with Gasteiger partial charge in [-0.25, -0.2) is 0 Å². The van der Waals surface area contributed by atoms with Crippen molar-refractivity contribution in [2.75, 3.05) is 19.8 Å². The molecule has 0 aromatic heterocycles. The molecule has 2 nitrogen and oxygen atoms in total. The second-order valence-electron chi connectivity index (χ2n) is 3.59. The Morgan fingerprint density at radius 2 is 2.17 bits per heavy atom. The van der Waals surface area contributed by atoms with Crippen LogP contribution in [0, 0.1) is 12.3 Å². The van der Waals surface area contributed by atoms with E-state index in [1.54, 1.807) is 6.08 Å². The van der Waals surface area contributed by atoms with Gasteiger partial charge in [-0.2, -0.15) is 0 Å². The van der Waals surface area contributed by atoms with Gasteiger partial charge in [0.2, 0.25) is 0 Å². The molecule has 3 heteroatoms. The van der Waals surface area contributed by atoms with Gasteiger partial charge in [-0.1, -0.05) is 0 Å². The molecule has 0 aliphatic carbocycles. The molecule has 18 heavy (non-hydrogen) atoms. The Labute approximate surface area is 116 Å². The first-order valence-electron chi connectivity index (χ1n) is 5.78. The molecule has 1 aromatic carbocycles. The minimum atomic E-state index is 0.0706. The second-order valence-corrected chi connectivity index (χ2v) is 5.88. The summed E-state index contributed by atoms with van der Waals surface area (Å²) >= 11 is 0.387. The van der Waals surface area contributed by atoms with Gasteiger partial charge in [-0.05, 0) is 0 Å². The van der Waals surface area contributed by atoms with Crippen LogP contribution in [-0.4, -0.2) is 40.9 Å². The number of benzene rings is 1. The average molecular weight is 309 g/mol. The van der Waals surface area contributed by atoms with Gasteiger partial charge in [-0.3, -0.25) is 0 Å². The molecule has 0 bridgehead atoms. The van der Waals surface area contributed by atoms with Gasteiger partial charge in [-0.15, -0.1) is 0 Å². The van der Waals surface area contributed by atoms with Crippen molar-refractivity contribution in [3.63, 3.8) is 0 Å². The normalized spacial score (nSPS) is 11.7. The van der Waals surface area contributed by atoms with Gasteiger partial charge in [0.1, 0.15) is 0 Å². The molecule has 1 unspecified atom stereocenters. The zero-order chi connectivity index (χ0) is 13.1. The third-order valence-corrected chi connectivity index (χ3v) is 4.52. The molecule has 0 N–H and O–H groups in total. The summed E-state index contributed by atoms with van der Waals surface area (Å²) in [4.78, 5) is 0. The second kappa shape index (κ2) is 9.94. The van der Waals surface area contributed by atoms with Crippen molar-refractivity contribution in [3.05, 3.63) is 43.0 Å². The number of rotatable bonds is 9. The molecule has 0 radical (unpaired) electrons. The fourth-order valence-electron chi connectivity index (χ4n) is 1.30. The van der Waals surface area contributed by atoms with Crippen LogP contribution in [-0.2, 0) is 9.47 Å². The van der Waals surface area contributed by atoms with E-state index >= 15 is 0 Å². The van der Waals surface area contributed by atoms with Crippen LogP contribution in [0.5, 0.6) is 0 Å². The summed E-state index contributed by atoms with van der Waals surface area (Å²) in [6.07, 6.45) is 7.02. The maximum absolute atomic E-state index is 5.58. The van der Waals surface area contributed by atoms with Crippen molar-refractivity contribution in [1.82, 2.24) is 0 Å². The van der Waals surface area contributed by atoms with Gasteiger partial charge in [0, 0.05) is 0 Å². The summed E-state index contributed by atoms with van der Waals surface area (Å²) in [5.74, 6) is 2.50. The van der Waals surface area contributed by atoms with Crippen molar-refractivity contribution in [2.45, 2.75) is 11.4 Å². The Hall–Kier alpha value is -1.04. The first-order chi connectivity index (χ1) is 8.86. The van der Waals surface area contributed by atoms with E-state index in [0.29, 0.717) is 34.8 Å². The predicted octanol–water partition coefficient (Wildman–Crippen LogP) is 1.66. The first-order valence-corrected chi connectivity index (χ1v) is 7.85. The first kappa shape index (κ1) is 15.0. The van der Waals surface area contributed by atoms with Gasteiger partial charge in [0.25, 0.3) is 0 Å². The quantitative estimate of drug-likeness (QED) is 0.299. The van der Waals surface area contributed by atoms with E-state index in [9.17, 15) is 0 Å². The number of hydrogen-bond donors (Lipinski definition) is 0. The predicted molar refractivity (Wildman–Crippen MR) is 76.2 cm³/mol. The van der Waals surface area contributed by atoms with Crippen LogP contribution >= 0.6 is 0 Å². The van der Waals surface area contributed by atoms with E-state index in [1.807, 2.05) is 6.07 Å². The molecular weight excluding hydrogens is 291 g/mol. The van der Waals surface area contributed by atoms with Crippen molar-refractivity contribution in [1.29, 1.82) is 0 Å². The SMILES string of the molecule is C#CCOC(COCC=C)C[Se]c1ccccc1. The summed E-state index contributed by atoms with van der Waals surface area (Å²) in [7, 11) is 0. The topological polar surface area (TPSA) is 18.5 Å². The molecule has 0 fully saturated rings. The van der Waals surface area contributed by atoms with Crippen molar-refractivity contribution >= 4 is 19.4 Å². The fraction of sp³-hybridized carbons (Fsp3) is 0.333. The summed E-state index contributed by atoms with van der Waals surface area (Å²) in [6.45, 7) is 5.08. The Morgan fingerprint density at radius 1 is 1.39 bits per heavy atom. The molecule has 0 aliphatic rings. The summed E-state index contributed by atoms with van der Waals surface area (Å²) in [5.41, 5.74) is 0. The Kier molecular flexibility index (Phi) is 8.29. The van der Waals surface area contributed by atoms with Crippen LogP contribution < -0.4 is 4.46 Å². The van der Waals surface area contributed by atoms with Crippen LogP contribution in [0.25, 0.3) is 0 Å². The van der Waals surface area contributed by atoms with Crippen LogP contribution in [0.15, 0.2) is 43.0 Å².